The van der Waals surface area contributed by atoms with Crippen molar-refractivity contribution in [2.45, 2.75) is 44.4 Å². The molecule has 0 saturated heterocycles. The Bertz CT molecular complexity index is 1460. The van der Waals surface area contributed by atoms with Crippen LogP contribution in [0.2, 0.25) is 0 Å². The fourth-order valence-corrected chi connectivity index (χ4v) is 4.60. The van der Waals surface area contributed by atoms with E-state index < -0.39 is 23.5 Å². The number of carbonyl (C=O) groups is 2. The first-order valence-electron chi connectivity index (χ1n) is 12.2. The van der Waals surface area contributed by atoms with Crippen molar-refractivity contribution in [1.82, 2.24) is 15.3 Å². The molecule has 1 aromatic carbocycles. The number of pyridine rings is 1. The minimum atomic E-state index is -4.64. The maximum Gasteiger partial charge on any atom is 0.448 e. The zero-order chi connectivity index (χ0) is 28.5. The van der Waals surface area contributed by atoms with Crippen LogP contribution in [0.15, 0.2) is 61.0 Å². The van der Waals surface area contributed by atoms with E-state index in [9.17, 15) is 27.9 Å². The molecule has 0 saturated carbocycles. The number of Topliss-reactive ketones (excluding diaryl/α,β-unsaturated/α-hetero) is 1. The zero-order valence-corrected chi connectivity index (χ0v) is 21.4. The maximum atomic E-state index is 13.1. The average molecular weight is 540 g/mol. The Morgan fingerprint density at radius 2 is 1.85 bits per heavy atom. The Morgan fingerprint density at radius 3 is 2.49 bits per heavy atom. The Kier molecular flexibility index (Phi) is 7.52. The number of fused-ring (bicyclic) bond motifs is 2. The first-order chi connectivity index (χ1) is 18.3. The predicted molar refractivity (Wildman–Crippen MR) is 141 cm³/mol. The fourth-order valence-electron chi connectivity index (χ4n) is 4.60. The number of amides is 1. The zero-order valence-electron chi connectivity index (χ0n) is 21.4. The number of benzene rings is 1. The third-order valence-corrected chi connectivity index (χ3v) is 6.58. The molecule has 3 aromatic rings. The normalized spacial score (nSPS) is 16.6. The molecule has 2 aromatic heterocycles. The van der Waals surface area contributed by atoms with E-state index in [1.165, 1.54) is 13.8 Å². The van der Waals surface area contributed by atoms with Crippen LogP contribution in [0.1, 0.15) is 59.1 Å². The second-order valence-electron chi connectivity index (χ2n) is 9.93. The van der Waals surface area contributed by atoms with Gasteiger partial charge in [-0.2, -0.15) is 13.2 Å². The largest absolute Gasteiger partial charge is 0.505 e. The lowest BCUT2D eigenvalue weighted by Crippen LogP contribution is -2.36. The van der Waals surface area contributed by atoms with Crippen molar-refractivity contribution < 1.29 is 33.0 Å². The number of rotatable bonds is 4. The molecule has 5 rings (SSSR count). The summed E-state index contributed by atoms with van der Waals surface area (Å²) >= 11 is 0. The highest BCUT2D eigenvalue weighted by molar-refractivity contribution is 5.99. The monoisotopic (exact) mass is 539 g/mol. The van der Waals surface area contributed by atoms with Gasteiger partial charge in [-0.15, -0.1) is 0 Å². The molecule has 1 aliphatic heterocycles. The number of H-pyrrole nitrogens is 1. The number of aromatic nitrogens is 2. The van der Waals surface area contributed by atoms with Crippen molar-refractivity contribution >= 4 is 23.3 Å². The molecule has 204 valence electrons. The highest BCUT2D eigenvalue weighted by Crippen LogP contribution is 2.40. The Labute approximate surface area is 223 Å². The standard InChI is InChI=1S/C26H25N3O3.C3H3F3O/c1-26(2,32)24(30)19-12-17(11-15-5-3-4-6-18(15)19)22-13-16(7-9-27-22)23-14-20-21(29-23)8-10-28-25(20)31;1-2(7)3(4,5)6/h3-7,9,11,13-14,19,29,32H,8,10,12H2,1-2H3,(H,28,31);7H,1H2. The molecule has 10 heteroatoms. The lowest BCUT2D eigenvalue weighted by Gasteiger charge is -2.29. The summed E-state index contributed by atoms with van der Waals surface area (Å²) in [7, 11) is 0. The average Bonchev–Trinajstić information content (AvgIpc) is 3.33. The fraction of sp³-hybridized carbons (Fsp3) is 0.276. The number of hydrogen-bond acceptors (Lipinski definition) is 5. The number of hydrogen-bond donors (Lipinski definition) is 4. The summed E-state index contributed by atoms with van der Waals surface area (Å²) in [4.78, 5) is 33.1. The predicted octanol–water partition coefficient (Wildman–Crippen LogP) is 5.35. The summed E-state index contributed by atoms with van der Waals surface area (Å²) in [6.45, 7) is 5.97. The molecule has 0 spiro atoms. The van der Waals surface area contributed by atoms with Gasteiger partial charge in [0.25, 0.3) is 5.91 Å². The number of carbonyl (C=O) groups excluding carboxylic acids is 2. The summed E-state index contributed by atoms with van der Waals surface area (Å²) in [6.07, 6.45) is 0.434. The van der Waals surface area contributed by atoms with Crippen molar-refractivity contribution in [1.29, 1.82) is 0 Å². The molecule has 4 N–H and O–H groups in total. The van der Waals surface area contributed by atoms with Crippen LogP contribution < -0.4 is 5.32 Å². The molecule has 0 radical (unpaired) electrons. The van der Waals surface area contributed by atoms with Gasteiger partial charge in [-0.05, 0) is 61.2 Å². The van der Waals surface area contributed by atoms with Crippen LogP contribution in [0.4, 0.5) is 13.2 Å². The van der Waals surface area contributed by atoms with Crippen molar-refractivity contribution in [3.8, 4) is 11.3 Å². The van der Waals surface area contributed by atoms with E-state index in [1.54, 1.807) is 6.20 Å². The van der Waals surface area contributed by atoms with Gasteiger partial charge in [0, 0.05) is 36.1 Å². The highest BCUT2D eigenvalue weighted by atomic mass is 19.4. The molecule has 0 bridgehead atoms. The molecule has 1 atom stereocenters. The van der Waals surface area contributed by atoms with Crippen LogP contribution >= 0.6 is 0 Å². The minimum absolute atomic E-state index is 0.0532. The van der Waals surface area contributed by atoms with Crippen molar-refractivity contribution in [3.05, 3.63) is 89.1 Å². The first kappa shape index (κ1) is 27.8. The van der Waals surface area contributed by atoms with E-state index in [0.717, 1.165) is 45.8 Å². The number of aliphatic hydroxyl groups excluding tert-OH is 1. The molecular weight excluding hydrogens is 511 g/mol. The molecular formula is C29H28F3N3O4. The van der Waals surface area contributed by atoms with E-state index in [-0.39, 0.29) is 11.7 Å². The molecule has 2 aliphatic rings. The second kappa shape index (κ2) is 10.5. The molecule has 1 unspecified atom stereocenters. The SMILES string of the molecule is C=C(O)C(F)(F)F.CC(C)(O)C(=O)C1CC(c2cc(-c3cc4c([nH]3)CCNC4=O)ccn2)=Cc2ccccc21. The van der Waals surface area contributed by atoms with E-state index in [4.69, 9.17) is 5.11 Å². The Morgan fingerprint density at radius 1 is 1.15 bits per heavy atom. The van der Waals surface area contributed by atoms with Crippen molar-refractivity contribution in [2.24, 2.45) is 0 Å². The van der Waals surface area contributed by atoms with Crippen LogP contribution in [0.25, 0.3) is 22.9 Å². The van der Waals surface area contributed by atoms with Gasteiger partial charge in [-0.1, -0.05) is 30.8 Å². The first-order valence-corrected chi connectivity index (χ1v) is 12.2. The number of aliphatic hydroxyl groups is 2. The van der Waals surface area contributed by atoms with Gasteiger partial charge in [0.15, 0.2) is 11.5 Å². The van der Waals surface area contributed by atoms with Crippen LogP contribution in [0, 0.1) is 0 Å². The lowest BCUT2D eigenvalue weighted by molar-refractivity contribution is -0.135. The van der Waals surface area contributed by atoms with Gasteiger partial charge < -0.3 is 20.5 Å². The summed E-state index contributed by atoms with van der Waals surface area (Å²) in [6, 6.07) is 13.6. The van der Waals surface area contributed by atoms with Gasteiger partial charge in [0.05, 0.1) is 17.2 Å². The Balaban J connectivity index is 0.000000448. The van der Waals surface area contributed by atoms with Crippen LogP contribution in [-0.2, 0) is 11.2 Å². The van der Waals surface area contributed by atoms with Gasteiger partial charge in [-0.3, -0.25) is 14.6 Å². The summed E-state index contributed by atoms with van der Waals surface area (Å²) in [5, 5.41) is 20.8. The molecule has 0 fully saturated rings. The number of alkyl halides is 3. The molecule has 7 nitrogen and oxygen atoms in total. The van der Waals surface area contributed by atoms with Gasteiger partial charge >= 0.3 is 6.18 Å². The van der Waals surface area contributed by atoms with Crippen molar-refractivity contribution in [3.63, 3.8) is 0 Å². The van der Waals surface area contributed by atoms with E-state index in [0.29, 0.717) is 18.5 Å². The number of aromatic amines is 1. The van der Waals surface area contributed by atoms with E-state index in [2.05, 4.69) is 27.9 Å². The minimum Gasteiger partial charge on any atom is -0.505 e. The summed E-state index contributed by atoms with van der Waals surface area (Å²) in [5.74, 6) is -2.44. The Hall–Kier alpha value is -4.18. The third kappa shape index (κ3) is 6.12. The van der Waals surface area contributed by atoms with Gasteiger partial charge in [-0.25, -0.2) is 0 Å². The quantitative estimate of drug-likeness (QED) is 0.334. The third-order valence-electron chi connectivity index (χ3n) is 6.58. The smallest absolute Gasteiger partial charge is 0.448 e. The number of nitrogens with zero attached hydrogens (tertiary/aromatic N) is 1. The summed E-state index contributed by atoms with van der Waals surface area (Å²) < 4.78 is 32.5. The molecule has 1 aliphatic carbocycles. The van der Waals surface area contributed by atoms with Crippen LogP contribution in [0.5, 0.6) is 0 Å². The van der Waals surface area contributed by atoms with Crippen LogP contribution in [0.3, 0.4) is 0 Å². The maximum absolute atomic E-state index is 13.1. The topological polar surface area (TPSA) is 115 Å². The highest BCUT2D eigenvalue weighted by Gasteiger charge is 2.36. The number of allylic oxidation sites excluding steroid dienone is 2. The number of halogens is 3. The summed E-state index contributed by atoms with van der Waals surface area (Å²) in [5.41, 5.74) is 5.65. The van der Waals surface area contributed by atoms with Gasteiger partial charge in [0.1, 0.15) is 5.60 Å². The van der Waals surface area contributed by atoms with Crippen LogP contribution in [-0.4, -0.2) is 50.2 Å². The second-order valence-corrected chi connectivity index (χ2v) is 9.93. The number of ketones is 1. The lowest BCUT2D eigenvalue weighted by atomic mass is 9.76. The number of nitrogens with one attached hydrogen (secondary N) is 2. The van der Waals surface area contributed by atoms with Gasteiger partial charge in [0.2, 0.25) is 0 Å². The molecule has 3 heterocycles. The molecule has 1 amide bonds. The van der Waals surface area contributed by atoms with E-state index >= 15 is 0 Å². The van der Waals surface area contributed by atoms with E-state index in [1.807, 2.05) is 42.5 Å². The van der Waals surface area contributed by atoms with Crippen molar-refractivity contribution in [2.75, 3.05) is 6.54 Å². The molecule has 39 heavy (non-hydrogen) atoms.